The molecule has 0 heterocycles. The molecule has 1 saturated carbocycles. The Morgan fingerprint density at radius 1 is 1.21 bits per heavy atom. The number of Topliss-reactive ketones (excluding diaryl/α,β-unsaturated/α-hetero) is 2. The molecule has 0 spiro atoms. The average molecular weight is 471 g/mol. The van der Waals surface area contributed by atoms with Gasteiger partial charge in [0.2, 0.25) is 5.78 Å². The quantitative estimate of drug-likeness (QED) is 0.417. The van der Waals surface area contributed by atoms with Crippen LogP contribution in [0.3, 0.4) is 0 Å². The topological polar surface area (TPSA) is 161 Å². The molecule has 1 aromatic carbocycles. The number of ketones is 2. The molecule has 0 saturated heterocycles. The van der Waals surface area contributed by atoms with Gasteiger partial charge in [0, 0.05) is 11.5 Å². The third-order valence-corrected chi connectivity index (χ3v) is 7.06. The van der Waals surface area contributed by atoms with Gasteiger partial charge in [-0.25, -0.2) is 0 Å². The summed E-state index contributed by atoms with van der Waals surface area (Å²) in [6.45, 7) is 5.72. The number of likely N-dealkylation sites (N-methyl/N-ethyl adjacent to an activating group) is 1. The fourth-order valence-corrected chi connectivity index (χ4v) is 5.64. The molecule has 0 bridgehead atoms. The Labute approximate surface area is 197 Å². The summed E-state index contributed by atoms with van der Waals surface area (Å²) in [7, 11) is 3.12. The minimum atomic E-state index is -2.63. The van der Waals surface area contributed by atoms with Crippen LogP contribution in [0.2, 0.25) is 0 Å². The average Bonchev–Trinajstić information content (AvgIpc) is 2.70. The van der Waals surface area contributed by atoms with Gasteiger partial charge in [0.15, 0.2) is 11.4 Å². The highest BCUT2D eigenvalue weighted by Crippen LogP contribution is 2.53. The Hall–Kier alpha value is -3.43. The van der Waals surface area contributed by atoms with Crippen molar-refractivity contribution in [3.63, 3.8) is 0 Å². The van der Waals surface area contributed by atoms with Gasteiger partial charge in [-0.1, -0.05) is 25.6 Å². The van der Waals surface area contributed by atoms with E-state index in [4.69, 9.17) is 5.73 Å². The number of rotatable bonds is 3. The number of nitrogens with zero attached hydrogens (tertiary/aromatic N) is 1. The molecule has 4 atom stereocenters. The van der Waals surface area contributed by atoms with Gasteiger partial charge < -0.3 is 26.2 Å². The minimum Gasteiger partial charge on any atom is -0.508 e. The second-order valence-electron chi connectivity index (χ2n) is 9.23. The lowest BCUT2D eigenvalue weighted by Crippen LogP contribution is -2.65. The number of hydrogen-bond acceptors (Lipinski definition) is 8. The van der Waals surface area contributed by atoms with Crippen molar-refractivity contribution in [2.45, 2.75) is 38.8 Å². The SMILES string of the molecule is C.C=C(C)c1ccc(O)c2c1C[C@H]1C[C@H]3[C@H](N(C)C)C(=O)C(C(N)=O)=C(O)[C@@]3(O)C(=O)C1=C2O. The van der Waals surface area contributed by atoms with E-state index in [9.17, 15) is 34.8 Å². The third kappa shape index (κ3) is 3.11. The molecule has 4 rings (SSSR count). The lowest BCUT2D eigenvalue weighted by atomic mass is 9.57. The largest absolute Gasteiger partial charge is 0.508 e. The zero-order valence-corrected chi connectivity index (χ0v) is 18.5. The van der Waals surface area contributed by atoms with Gasteiger partial charge in [-0.3, -0.25) is 19.3 Å². The first-order valence-corrected chi connectivity index (χ1v) is 10.5. The van der Waals surface area contributed by atoms with Crippen LogP contribution in [0.5, 0.6) is 5.75 Å². The van der Waals surface area contributed by atoms with Crippen molar-refractivity contribution in [3.05, 3.63) is 52.3 Å². The summed E-state index contributed by atoms with van der Waals surface area (Å²) >= 11 is 0. The molecule has 182 valence electrons. The van der Waals surface area contributed by atoms with Crippen LogP contribution in [0.25, 0.3) is 11.3 Å². The maximum absolute atomic E-state index is 13.7. The Bertz CT molecular complexity index is 1210. The summed E-state index contributed by atoms with van der Waals surface area (Å²) in [5.41, 5.74) is 3.75. The number of nitrogens with two attached hydrogens (primary N) is 1. The minimum absolute atomic E-state index is 0. The van der Waals surface area contributed by atoms with E-state index in [0.717, 1.165) is 0 Å². The monoisotopic (exact) mass is 470 g/mol. The van der Waals surface area contributed by atoms with Gasteiger partial charge in [-0.2, -0.15) is 0 Å². The molecule has 9 heteroatoms. The predicted octanol–water partition coefficient (Wildman–Crippen LogP) is 1.63. The number of hydrogen-bond donors (Lipinski definition) is 5. The van der Waals surface area contributed by atoms with Crippen LogP contribution in [0.1, 0.15) is 37.5 Å². The molecule has 1 aromatic rings. The summed E-state index contributed by atoms with van der Waals surface area (Å²) < 4.78 is 0. The van der Waals surface area contributed by atoms with Crippen molar-refractivity contribution < 1.29 is 34.8 Å². The van der Waals surface area contributed by atoms with Gasteiger partial charge in [0.1, 0.15) is 22.8 Å². The van der Waals surface area contributed by atoms with Crippen molar-refractivity contribution in [1.82, 2.24) is 4.90 Å². The van der Waals surface area contributed by atoms with E-state index in [1.54, 1.807) is 27.1 Å². The zero-order chi connectivity index (χ0) is 24.6. The molecular formula is C25H30N2O7. The van der Waals surface area contributed by atoms with Crippen LogP contribution in [0.4, 0.5) is 0 Å². The summed E-state index contributed by atoms with van der Waals surface area (Å²) in [5.74, 6) is -6.62. The normalized spacial score (nSPS) is 28.2. The van der Waals surface area contributed by atoms with Crippen LogP contribution in [0.15, 0.2) is 35.6 Å². The number of carbonyl (C=O) groups is 3. The van der Waals surface area contributed by atoms with E-state index in [1.165, 1.54) is 11.0 Å². The number of aliphatic hydroxyl groups is 3. The summed E-state index contributed by atoms with van der Waals surface area (Å²) in [5, 5.41) is 43.9. The molecule has 6 N–H and O–H groups in total. The number of primary amides is 1. The molecule has 9 nitrogen and oxygen atoms in total. The molecule has 1 amide bonds. The third-order valence-electron chi connectivity index (χ3n) is 7.06. The molecule has 1 fully saturated rings. The van der Waals surface area contributed by atoms with Gasteiger partial charge in [0.25, 0.3) is 5.91 Å². The van der Waals surface area contributed by atoms with Crippen LogP contribution in [-0.4, -0.2) is 68.5 Å². The van der Waals surface area contributed by atoms with Crippen LogP contribution < -0.4 is 5.73 Å². The fourth-order valence-electron chi connectivity index (χ4n) is 5.64. The second-order valence-corrected chi connectivity index (χ2v) is 9.23. The molecule has 0 radical (unpaired) electrons. The number of allylic oxidation sites excluding steroid dienone is 1. The van der Waals surface area contributed by atoms with E-state index < -0.39 is 58.0 Å². The van der Waals surface area contributed by atoms with Crippen molar-refractivity contribution in [2.24, 2.45) is 17.6 Å². The Morgan fingerprint density at radius 3 is 2.35 bits per heavy atom. The maximum Gasteiger partial charge on any atom is 0.255 e. The molecule has 3 aliphatic carbocycles. The van der Waals surface area contributed by atoms with Gasteiger partial charge in [-0.15, -0.1) is 0 Å². The maximum atomic E-state index is 13.7. The molecular weight excluding hydrogens is 440 g/mol. The standard InChI is InChI=1S/C24H26N2O7.CH4/c1-9(2)11-5-6-14(27)16-12(11)7-10-8-13-18(26(3)4)20(29)17(23(25)32)22(31)24(13,33)21(30)15(10)19(16)28;/h5-6,10,13,18,27-28,31,33H,1,7-8H2,2-4H3,(H2,25,32);1H4/t10-,13-,18-,24-;/m0./s1. The molecule has 0 aromatic heterocycles. The zero-order valence-electron chi connectivity index (χ0n) is 18.5. The number of amides is 1. The number of phenols is 1. The second kappa shape index (κ2) is 8.11. The van der Waals surface area contributed by atoms with E-state index >= 15 is 0 Å². The fraction of sp³-hybridized carbons (Fsp3) is 0.400. The first-order valence-electron chi connectivity index (χ1n) is 10.5. The lowest BCUT2D eigenvalue weighted by Gasteiger charge is -2.50. The number of fused-ring (bicyclic) bond motifs is 3. The van der Waals surface area contributed by atoms with Crippen LogP contribution >= 0.6 is 0 Å². The van der Waals surface area contributed by atoms with Gasteiger partial charge in [0.05, 0.1) is 11.6 Å². The molecule has 3 aliphatic rings. The number of aromatic hydroxyl groups is 1. The molecule has 0 unspecified atom stereocenters. The smallest absolute Gasteiger partial charge is 0.255 e. The Kier molecular flexibility index (Phi) is 6.01. The first-order chi connectivity index (χ1) is 15.3. The highest BCUT2D eigenvalue weighted by atomic mass is 16.3. The Balaban J connectivity index is 0.00000324. The van der Waals surface area contributed by atoms with Gasteiger partial charge >= 0.3 is 0 Å². The Morgan fingerprint density at radius 2 is 1.82 bits per heavy atom. The summed E-state index contributed by atoms with van der Waals surface area (Å²) in [6, 6.07) is 1.96. The van der Waals surface area contributed by atoms with E-state index in [0.29, 0.717) is 16.7 Å². The van der Waals surface area contributed by atoms with E-state index in [1.807, 2.05) is 0 Å². The predicted molar refractivity (Wildman–Crippen MR) is 126 cm³/mol. The highest BCUT2D eigenvalue weighted by molar-refractivity contribution is 6.24. The van der Waals surface area contributed by atoms with E-state index in [-0.39, 0.29) is 37.2 Å². The highest BCUT2D eigenvalue weighted by Gasteiger charge is 2.64. The molecule has 34 heavy (non-hydrogen) atoms. The van der Waals surface area contributed by atoms with Crippen LogP contribution in [-0.2, 0) is 20.8 Å². The van der Waals surface area contributed by atoms with Crippen molar-refractivity contribution in [3.8, 4) is 5.75 Å². The van der Waals surface area contributed by atoms with Crippen molar-refractivity contribution in [2.75, 3.05) is 14.1 Å². The lowest BCUT2D eigenvalue weighted by molar-refractivity contribution is -0.153. The number of aliphatic hydroxyl groups excluding tert-OH is 2. The van der Waals surface area contributed by atoms with Crippen molar-refractivity contribution >= 4 is 28.8 Å². The first kappa shape index (κ1) is 25.2. The van der Waals surface area contributed by atoms with Crippen molar-refractivity contribution in [1.29, 1.82) is 0 Å². The summed E-state index contributed by atoms with van der Waals surface area (Å²) in [4.78, 5) is 40.2. The van der Waals surface area contributed by atoms with Crippen LogP contribution in [0, 0.1) is 11.8 Å². The number of benzene rings is 1. The number of phenolic OH excluding ortho intramolecular Hbond substituents is 1. The van der Waals surface area contributed by atoms with Gasteiger partial charge in [-0.05, 0) is 57.0 Å². The summed E-state index contributed by atoms with van der Waals surface area (Å²) in [6.07, 6.45) is 0.294. The molecule has 0 aliphatic heterocycles. The number of carbonyl (C=O) groups excluding carboxylic acids is 3. The van der Waals surface area contributed by atoms with E-state index in [2.05, 4.69) is 6.58 Å².